The van der Waals surface area contributed by atoms with Gasteiger partial charge >= 0.3 is 5.97 Å². The number of benzene rings is 2. The predicted octanol–water partition coefficient (Wildman–Crippen LogP) is 5.07. The molecule has 1 aliphatic heterocycles. The van der Waals surface area contributed by atoms with E-state index in [9.17, 15) is 4.79 Å². The second kappa shape index (κ2) is 7.39. The SMILES string of the molecule is CCOC(=O)C1=C(C)OC(c2ccccc2)=C(C)C1c1ccccc1. The van der Waals surface area contributed by atoms with E-state index in [2.05, 4.69) is 0 Å². The summed E-state index contributed by atoms with van der Waals surface area (Å²) in [6.07, 6.45) is 0. The quantitative estimate of drug-likeness (QED) is 0.732. The molecule has 1 unspecified atom stereocenters. The minimum Gasteiger partial charge on any atom is -0.463 e. The number of carbonyl (C=O) groups is 1. The molecule has 0 spiro atoms. The number of allylic oxidation sites excluding steroid dienone is 2. The average Bonchev–Trinajstić information content (AvgIpc) is 2.64. The largest absolute Gasteiger partial charge is 0.463 e. The molecule has 128 valence electrons. The highest BCUT2D eigenvalue weighted by Crippen LogP contribution is 2.43. The van der Waals surface area contributed by atoms with Crippen molar-refractivity contribution >= 4 is 11.7 Å². The fourth-order valence-electron chi connectivity index (χ4n) is 3.25. The van der Waals surface area contributed by atoms with E-state index in [1.54, 1.807) is 0 Å². The van der Waals surface area contributed by atoms with Crippen molar-refractivity contribution in [3.05, 3.63) is 88.7 Å². The Balaban J connectivity index is 2.14. The molecule has 0 radical (unpaired) electrons. The Morgan fingerprint density at radius 1 is 1.00 bits per heavy atom. The molecule has 0 saturated carbocycles. The molecule has 3 rings (SSSR count). The Labute approximate surface area is 148 Å². The summed E-state index contributed by atoms with van der Waals surface area (Å²) in [6, 6.07) is 20.0. The van der Waals surface area contributed by atoms with Gasteiger partial charge in [0, 0.05) is 11.5 Å². The van der Waals surface area contributed by atoms with E-state index in [1.165, 1.54) is 0 Å². The Kier molecular flexibility index (Phi) is 5.03. The topological polar surface area (TPSA) is 35.5 Å². The van der Waals surface area contributed by atoms with Gasteiger partial charge in [-0.15, -0.1) is 0 Å². The van der Waals surface area contributed by atoms with Crippen molar-refractivity contribution < 1.29 is 14.3 Å². The third-order valence-corrected chi connectivity index (χ3v) is 4.38. The van der Waals surface area contributed by atoms with E-state index in [1.807, 2.05) is 81.4 Å². The van der Waals surface area contributed by atoms with Gasteiger partial charge in [0.15, 0.2) is 0 Å². The maximum atomic E-state index is 12.6. The third kappa shape index (κ3) is 3.36. The van der Waals surface area contributed by atoms with Crippen LogP contribution < -0.4 is 0 Å². The van der Waals surface area contributed by atoms with Gasteiger partial charge in [-0.25, -0.2) is 4.79 Å². The minimum atomic E-state index is -0.319. The van der Waals surface area contributed by atoms with Crippen molar-refractivity contribution in [2.45, 2.75) is 26.7 Å². The Hall–Kier alpha value is -2.81. The Bertz CT molecular complexity index is 817. The first-order valence-electron chi connectivity index (χ1n) is 8.50. The van der Waals surface area contributed by atoms with Crippen LogP contribution >= 0.6 is 0 Å². The number of rotatable bonds is 4. The summed E-state index contributed by atoms with van der Waals surface area (Å²) in [5.41, 5.74) is 3.64. The molecular weight excluding hydrogens is 312 g/mol. The van der Waals surface area contributed by atoms with Crippen LogP contribution in [0, 0.1) is 0 Å². The maximum Gasteiger partial charge on any atom is 0.338 e. The number of carbonyl (C=O) groups excluding carboxylic acids is 1. The molecule has 2 aromatic rings. The van der Waals surface area contributed by atoms with Crippen molar-refractivity contribution in [1.82, 2.24) is 0 Å². The van der Waals surface area contributed by atoms with E-state index in [-0.39, 0.29) is 11.9 Å². The summed E-state index contributed by atoms with van der Waals surface area (Å²) in [4.78, 5) is 12.6. The summed E-state index contributed by atoms with van der Waals surface area (Å²) in [7, 11) is 0. The Morgan fingerprint density at radius 3 is 2.20 bits per heavy atom. The standard InChI is InChI=1S/C22H22O3/c1-4-24-22(23)20-16(3)25-21(18-13-9-6-10-14-18)15(2)19(20)17-11-7-5-8-12-17/h5-14,19H,4H2,1-3H3. The van der Waals surface area contributed by atoms with Crippen LogP contribution in [0.3, 0.4) is 0 Å². The highest BCUT2D eigenvalue weighted by Gasteiger charge is 2.34. The molecule has 25 heavy (non-hydrogen) atoms. The van der Waals surface area contributed by atoms with E-state index >= 15 is 0 Å². The molecule has 1 aliphatic rings. The second-order valence-corrected chi connectivity index (χ2v) is 6.01. The fraction of sp³-hybridized carbons (Fsp3) is 0.227. The molecule has 0 fully saturated rings. The van der Waals surface area contributed by atoms with E-state index in [0.29, 0.717) is 17.9 Å². The minimum absolute atomic E-state index is 0.177. The van der Waals surface area contributed by atoms with E-state index in [4.69, 9.17) is 9.47 Å². The molecule has 0 aliphatic carbocycles. The van der Waals surface area contributed by atoms with Crippen LogP contribution in [0.5, 0.6) is 0 Å². The van der Waals surface area contributed by atoms with Gasteiger partial charge < -0.3 is 9.47 Å². The summed E-state index contributed by atoms with van der Waals surface area (Å²) in [6.45, 7) is 6.00. The second-order valence-electron chi connectivity index (χ2n) is 6.01. The van der Waals surface area contributed by atoms with Gasteiger partial charge in [-0.05, 0) is 31.9 Å². The van der Waals surface area contributed by atoms with Crippen LogP contribution in [0.15, 0.2) is 77.6 Å². The van der Waals surface area contributed by atoms with Crippen LogP contribution in [0.4, 0.5) is 0 Å². The lowest BCUT2D eigenvalue weighted by atomic mass is 9.81. The molecule has 2 aromatic carbocycles. The van der Waals surface area contributed by atoms with Gasteiger partial charge in [-0.3, -0.25) is 0 Å². The van der Waals surface area contributed by atoms with Crippen molar-refractivity contribution in [2.24, 2.45) is 0 Å². The van der Waals surface area contributed by atoms with Gasteiger partial charge in [0.05, 0.1) is 12.2 Å². The first kappa shape index (κ1) is 17.0. The monoisotopic (exact) mass is 334 g/mol. The normalized spacial score (nSPS) is 17.3. The fourth-order valence-corrected chi connectivity index (χ4v) is 3.25. The molecule has 3 heteroatoms. The lowest BCUT2D eigenvalue weighted by Gasteiger charge is -2.30. The van der Waals surface area contributed by atoms with Crippen molar-refractivity contribution in [1.29, 1.82) is 0 Å². The highest BCUT2D eigenvalue weighted by molar-refractivity contribution is 5.93. The Morgan fingerprint density at radius 2 is 1.60 bits per heavy atom. The average molecular weight is 334 g/mol. The van der Waals surface area contributed by atoms with Crippen molar-refractivity contribution in [3.63, 3.8) is 0 Å². The zero-order chi connectivity index (χ0) is 17.8. The molecule has 0 saturated heterocycles. The summed E-state index contributed by atoms with van der Waals surface area (Å²) < 4.78 is 11.4. The zero-order valence-electron chi connectivity index (χ0n) is 14.8. The molecule has 0 aromatic heterocycles. The van der Waals surface area contributed by atoms with Gasteiger partial charge in [-0.1, -0.05) is 60.7 Å². The van der Waals surface area contributed by atoms with Crippen LogP contribution in [-0.4, -0.2) is 12.6 Å². The van der Waals surface area contributed by atoms with Gasteiger partial charge in [0.1, 0.15) is 11.5 Å². The first-order chi connectivity index (χ1) is 12.1. The van der Waals surface area contributed by atoms with Gasteiger partial charge in [0.2, 0.25) is 0 Å². The number of esters is 1. The van der Waals surface area contributed by atoms with Crippen LogP contribution in [-0.2, 0) is 14.3 Å². The predicted molar refractivity (Wildman–Crippen MR) is 98.6 cm³/mol. The number of ether oxygens (including phenoxy) is 2. The van der Waals surface area contributed by atoms with Gasteiger partial charge in [-0.2, -0.15) is 0 Å². The molecule has 1 heterocycles. The summed E-state index contributed by atoms with van der Waals surface area (Å²) >= 11 is 0. The van der Waals surface area contributed by atoms with Crippen LogP contribution in [0.25, 0.3) is 5.76 Å². The zero-order valence-corrected chi connectivity index (χ0v) is 14.8. The van der Waals surface area contributed by atoms with E-state index < -0.39 is 0 Å². The smallest absolute Gasteiger partial charge is 0.338 e. The molecule has 0 bridgehead atoms. The first-order valence-corrected chi connectivity index (χ1v) is 8.50. The third-order valence-electron chi connectivity index (χ3n) is 4.38. The molecular formula is C22H22O3. The number of hydrogen-bond acceptors (Lipinski definition) is 3. The molecule has 0 amide bonds. The highest BCUT2D eigenvalue weighted by atomic mass is 16.5. The van der Waals surface area contributed by atoms with Crippen molar-refractivity contribution in [3.8, 4) is 0 Å². The van der Waals surface area contributed by atoms with Crippen LogP contribution in [0.1, 0.15) is 37.8 Å². The summed E-state index contributed by atoms with van der Waals surface area (Å²) in [5, 5.41) is 0. The number of hydrogen-bond donors (Lipinski definition) is 0. The van der Waals surface area contributed by atoms with Gasteiger partial charge in [0.25, 0.3) is 0 Å². The molecule has 0 N–H and O–H groups in total. The lowest BCUT2D eigenvalue weighted by molar-refractivity contribution is -0.139. The molecule has 3 nitrogen and oxygen atoms in total. The molecule has 1 atom stereocenters. The maximum absolute atomic E-state index is 12.6. The van der Waals surface area contributed by atoms with Crippen molar-refractivity contribution in [2.75, 3.05) is 6.61 Å². The summed E-state index contributed by atoms with van der Waals surface area (Å²) in [5.74, 6) is 0.904. The van der Waals surface area contributed by atoms with E-state index in [0.717, 1.165) is 22.5 Å². The van der Waals surface area contributed by atoms with Crippen LogP contribution in [0.2, 0.25) is 0 Å². The lowest BCUT2D eigenvalue weighted by Crippen LogP contribution is -2.22.